The van der Waals surface area contributed by atoms with E-state index in [0.717, 1.165) is 22.2 Å². The largest absolute Gasteiger partial charge is 0.354 e. The third kappa shape index (κ3) is 4.59. The molecule has 1 aromatic heterocycles. The van der Waals surface area contributed by atoms with Crippen LogP contribution < -0.4 is 5.32 Å². The number of amides is 3. The van der Waals surface area contributed by atoms with Crippen LogP contribution in [0.15, 0.2) is 46.0 Å². The predicted molar refractivity (Wildman–Crippen MR) is 100 cm³/mol. The van der Waals surface area contributed by atoms with Gasteiger partial charge in [0.25, 0.3) is 11.1 Å². The normalized spacial score (nSPS) is 15.7. The Balaban J connectivity index is 1.54. The van der Waals surface area contributed by atoms with E-state index in [2.05, 4.69) is 5.32 Å². The van der Waals surface area contributed by atoms with Gasteiger partial charge in [0.05, 0.1) is 11.3 Å². The van der Waals surface area contributed by atoms with Crippen LogP contribution >= 0.6 is 23.1 Å². The molecular formula is C18H15FN2O3S2. The number of halogens is 1. The van der Waals surface area contributed by atoms with Crippen molar-refractivity contribution in [2.75, 3.05) is 13.1 Å². The lowest BCUT2D eigenvalue weighted by Crippen LogP contribution is -2.37. The van der Waals surface area contributed by atoms with Crippen LogP contribution in [0.3, 0.4) is 0 Å². The van der Waals surface area contributed by atoms with Crippen molar-refractivity contribution in [2.24, 2.45) is 0 Å². The molecule has 3 amide bonds. The predicted octanol–water partition coefficient (Wildman–Crippen LogP) is 3.28. The smallest absolute Gasteiger partial charge is 0.293 e. The standard InChI is InChI=1S/C18H15FN2O3S2/c19-14-3-1-12(2-4-14)9-15-17(23)21(18(24)26-15)7-6-20-16(22)10-13-5-8-25-11-13/h1-5,8-9,11H,6-7,10H2,(H,20,22)/b15-9+. The highest BCUT2D eigenvalue weighted by Gasteiger charge is 2.34. The van der Waals surface area contributed by atoms with Crippen molar-refractivity contribution in [1.29, 1.82) is 0 Å². The first-order valence-corrected chi connectivity index (χ1v) is 9.57. The van der Waals surface area contributed by atoms with E-state index in [1.807, 2.05) is 16.8 Å². The lowest BCUT2D eigenvalue weighted by molar-refractivity contribution is -0.124. The molecule has 2 heterocycles. The number of nitrogens with zero attached hydrogens (tertiary/aromatic N) is 1. The molecule has 3 rings (SSSR count). The number of rotatable bonds is 6. The summed E-state index contributed by atoms with van der Waals surface area (Å²) in [7, 11) is 0. The van der Waals surface area contributed by atoms with Crippen LogP contribution in [-0.4, -0.2) is 35.0 Å². The van der Waals surface area contributed by atoms with Crippen molar-refractivity contribution in [3.05, 3.63) is 62.9 Å². The van der Waals surface area contributed by atoms with Gasteiger partial charge in [-0.3, -0.25) is 19.3 Å². The van der Waals surface area contributed by atoms with Crippen molar-refractivity contribution >= 4 is 46.2 Å². The SMILES string of the molecule is O=C(Cc1ccsc1)NCCN1C(=O)S/C(=C/c2ccc(F)cc2)C1=O. The van der Waals surface area contributed by atoms with Gasteiger partial charge >= 0.3 is 0 Å². The molecule has 0 unspecified atom stereocenters. The lowest BCUT2D eigenvalue weighted by Gasteiger charge is -2.12. The molecular weight excluding hydrogens is 375 g/mol. The van der Waals surface area contributed by atoms with Gasteiger partial charge in [0, 0.05) is 13.1 Å². The maximum atomic E-state index is 12.9. The summed E-state index contributed by atoms with van der Waals surface area (Å²) in [6, 6.07) is 7.53. The van der Waals surface area contributed by atoms with E-state index in [0.29, 0.717) is 5.56 Å². The zero-order chi connectivity index (χ0) is 18.5. The van der Waals surface area contributed by atoms with E-state index < -0.39 is 5.91 Å². The molecule has 1 aliphatic rings. The van der Waals surface area contributed by atoms with Gasteiger partial charge in [0.15, 0.2) is 0 Å². The highest BCUT2D eigenvalue weighted by molar-refractivity contribution is 8.18. The second kappa shape index (κ2) is 8.29. The van der Waals surface area contributed by atoms with E-state index >= 15 is 0 Å². The molecule has 0 bridgehead atoms. The average molecular weight is 390 g/mol. The highest BCUT2D eigenvalue weighted by Crippen LogP contribution is 2.31. The Labute approximate surface area is 157 Å². The maximum Gasteiger partial charge on any atom is 0.293 e. The van der Waals surface area contributed by atoms with Crippen molar-refractivity contribution in [2.45, 2.75) is 6.42 Å². The first-order valence-electron chi connectivity index (χ1n) is 7.81. The third-order valence-corrected chi connectivity index (χ3v) is 5.28. The van der Waals surface area contributed by atoms with E-state index in [9.17, 15) is 18.8 Å². The quantitative estimate of drug-likeness (QED) is 0.769. The molecule has 0 radical (unpaired) electrons. The minimum atomic E-state index is -0.406. The minimum absolute atomic E-state index is 0.112. The number of thioether (sulfide) groups is 1. The molecule has 1 N–H and O–H groups in total. The second-order valence-corrected chi connectivity index (χ2v) is 7.32. The Morgan fingerprint density at radius 3 is 2.65 bits per heavy atom. The molecule has 1 aromatic carbocycles. The van der Waals surface area contributed by atoms with E-state index in [1.165, 1.54) is 35.6 Å². The van der Waals surface area contributed by atoms with Gasteiger partial charge in [-0.25, -0.2) is 4.39 Å². The van der Waals surface area contributed by atoms with Crippen molar-refractivity contribution in [3.8, 4) is 0 Å². The van der Waals surface area contributed by atoms with E-state index in [4.69, 9.17) is 0 Å². The zero-order valence-electron chi connectivity index (χ0n) is 13.6. The summed E-state index contributed by atoms with van der Waals surface area (Å²) >= 11 is 2.36. The summed E-state index contributed by atoms with van der Waals surface area (Å²) in [5, 5.41) is 6.13. The Bertz CT molecular complexity index is 848. The summed E-state index contributed by atoms with van der Waals surface area (Å²) in [4.78, 5) is 37.6. The maximum absolute atomic E-state index is 12.9. The monoisotopic (exact) mass is 390 g/mol. The molecule has 0 spiro atoms. The average Bonchev–Trinajstić information content (AvgIpc) is 3.20. The number of thiophene rings is 1. The van der Waals surface area contributed by atoms with Gasteiger partial charge in [-0.05, 0) is 57.9 Å². The lowest BCUT2D eigenvalue weighted by atomic mass is 10.2. The fourth-order valence-electron chi connectivity index (χ4n) is 2.35. The van der Waals surface area contributed by atoms with Crippen LogP contribution in [0, 0.1) is 5.82 Å². The molecule has 134 valence electrons. The fourth-order valence-corrected chi connectivity index (χ4v) is 3.89. The van der Waals surface area contributed by atoms with Crippen molar-refractivity contribution in [1.82, 2.24) is 10.2 Å². The summed E-state index contributed by atoms with van der Waals surface area (Å²) in [5.74, 6) is -0.929. The number of hydrogen-bond acceptors (Lipinski definition) is 5. The minimum Gasteiger partial charge on any atom is -0.354 e. The molecule has 0 atom stereocenters. The Morgan fingerprint density at radius 1 is 1.19 bits per heavy atom. The summed E-state index contributed by atoms with van der Waals surface area (Å²) in [6.45, 7) is 0.311. The molecule has 0 aliphatic carbocycles. The van der Waals surface area contributed by atoms with Gasteiger partial charge in [-0.2, -0.15) is 11.3 Å². The molecule has 0 saturated carbocycles. The van der Waals surface area contributed by atoms with Gasteiger partial charge in [0.2, 0.25) is 5.91 Å². The first-order chi connectivity index (χ1) is 12.5. The van der Waals surface area contributed by atoms with Crippen LogP contribution in [-0.2, 0) is 16.0 Å². The summed E-state index contributed by atoms with van der Waals surface area (Å²) < 4.78 is 12.9. The fraction of sp³-hybridized carbons (Fsp3) is 0.167. The van der Waals surface area contributed by atoms with E-state index in [1.54, 1.807) is 6.08 Å². The number of nitrogens with one attached hydrogen (secondary N) is 1. The molecule has 26 heavy (non-hydrogen) atoms. The molecule has 5 nitrogen and oxygen atoms in total. The number of imide groups is 1. The summed E-state index contributed by atoms with van der Waals surface area (Å²) in [6.07, 6.45) is 1.83. The van der Waals surface area contributed by atoms with Gasteiger partial charge in [-0.15, -0.1) is 0 Å². The van der Waals surface area contributed by atoms with Crippen LogP contribution in [0.25, 0.3) is 6.08 Å². The number of hydrogen-bond donors (Lipinski definition) is 1. The third-order valence-electron chi connectivity index (χ3n) is 3.64. The number of carbonyl (C=O) groups excluding carboxylic acids is 3. The number of carbonyl (C=O) groups is 3. The van der Waals surface area contributed by atoms with Gasteiger partial charge in [-0.1, -0.05) is 12.1 Å². The second-order valence-electron chi connectivity index (χ2n) is 5.54. The Hall–Kier alpha value is -2.45. The van der Waals surface area contributed by atoms with Crippen LogP contribution in [0.4, 0.5) is 9.18 Å². The topological polar surface area (TPSA) is 66.5 Å². The van der Waals surface area contributed by atoms with Crippen LogP contribution in [0.2, 0.25) is 0 Å². The van der Waals surface area contributed by atoms with E-state index in [-0.39, 0.29) is 41.4 Å². The zero-order valence-corrected chi connectivity index (χ0v) is 15.2. The van der Waals surface area contributed by atoms with Crippen LogP contribution in [0.1, 0.15) is 11.1 Å². The van der Waals surface area contributed by atoms with Crippen molar-refractivity contribution in [3.63, 3.8) is 0 Å². The van der Waals surface area contributed by atoms with Crippen molar-refractivity contribution < 1.29 is 18.8 Å². The molecule has 8 heteroatoms. The van der Waals surface area contributed by atoms with Gasteiger partial charge in [0.1, 0.15) is 5.82 Å². The highest BCUT2D eigenvalue weighted by atomic mass is 32.2. The summed E-state index contributed by atoms with van der Waals surface area (Å²) in [5.41, 5.74) is 1.57. The molecule has 1 fully saturated rings. The number of benzene rings is 1. The van der Waals surface area contributed by atoms with Gasteiger partial charge < -0.3 is 5.32 Å². The Morgan fingerprint density at radius 2 is 1.96 bits per heavy atom. The van der Waals surface area contributed by atoms with Crippen LogP contribution in [0.5, 0.6) is 0 Å². The molecule has 1 saturated heterocycles. The first kappa shape index (κ1) is 18.3. The molecule has 2 aromatic rings. The molecule has 1 aliphatic heterocycles. The Kier molecular flexibility index (Phi) is 5.85.